The van der Waals surface area contributed by atoms with Crippen LogP contribution in [-0.4, -0.2) is 29.5 Å². The van der Waals surface area contributed by atoms with E-state index in [2.05, 4.69) is 24.9 Å². The third kappa shape index (κ3) is 2.79. The average Bonchev–Trinajstić information content (AvgIpc) is 3.11. The van der Waals surface area contributed by atoms with E-state index in [4.69, 9.17) is 0 Å². The molecule has 0 N–H and O–H groups in total. The lowest BCUT2D eigenvalue weighted by molar-refractivity contribution is 0.648. The smallest absolute Gasteiger partial charge is 0.197 e. The quantitative estimate of drug-likeness (QED) is 0.548. The highest BCUT2D eigenvalue weighted by atomic mass is 19.1. The Morgan fingerprint density at radius 1 is 1.04 bits per heavy atom. The molecule has 0 bridgehead atoms. The van der Waals surface area contributed by atoms with Crippen LogP contribution in [0.4, 0.5) is 4.39 Å². The Labute approximate surface area is 153 Å². The van der Waals surface area contributed by atoms with Gasteiger partial charge in [-0.15, -0.1) is 0 Å². The lowest BCUT2D eigenvalue weighted by Gasteiger charge is -2.14. The van der Waals surface area contributed by atoms with Gasteiger partial charge in [0.25, 0.3) is 0 Å². The molecule has 0 spiro atoms. The summed E-state index contributed by atoms with van der Waals surface area (Å²) in [5.41, 5.74) is 4.80. The number of nitrogens with zero attached hydrogens (tertiary/aromatic N) is 6. The van der Waals surface area contributed by atoms with Crippen LogP contribution in [0.3, 0.4) is 0 Å². The zero-order valence-electron chi connectivity index (χ0n) is 14.1. The summed E-state index contributed by atoms with van der Waals surface area (Å²) >= 11 is 0. The number of allylic oxidation sites excluding steroid dienone is 2. The molecule has 5 rings (SSSR count). The van der Waals surface area contributed by atoms with Gasteiger partial charge in [-0.1, -0.05) is 6.07 Å². The van der Waals surface area contributed by atoms with Crippen LogP contribution in [-0.2, 0) is 6.42 Å². The fourth-order valence-corrected chi connectivity index (χ4v) is 3.06. The van der Waals surface area contributed by atoms with Gasteiger partial charge in [0.05, 0.1) is 17.6 Å². The first-order valence-corrected chi connectivity index (χ1v) is 8.40. The van der Waals surface area contributed by atoms with E-state index in [1.165, 1.54) is 6.08 Å². The predicted octanol–water partition coefficient (Wildman–Crippen LogP) is 3.69. The van der Waals surface area contributed by atoms with Crippen LogP contribution in [0.2, 0.25) is 0 Å². The van der Waals surface area contributed by atoms with Crippen LogP contribution in [0.15, 0.2) is 66.8 Å². The van der Waals surface area contributed by atoms with Crippen molar-refractivity contribution in [1.29, 1.82) is 0 Å². The molecule has 0 saturated carbocycles. The Balaban J connectivity index is 1.59. The van der Waals surface area contributed by atoms with E-state index in [0.717, 1.165) is 11.1 Å². The molecule has 7 heteroatoms. The van der Waals surface area contributed by atoms with Gasteiger partial charge in [-0.2, -0.15) is 0 Å². The van der Waals surface area contributed by atoms with Gasteiger partial charge in [0.15, 0.2) is 11.3 Å². The van der Waals surface area contributed by atoms with E-state index < -0.39 is 0 Å². The van der Waals surface area contributed by atoms with Crippen molar-refractivity contribution in [3.63, 3.8) is 0 Å². The summed E-state index contributed by atoms with van der Waals surface area (Å²) in [6.07, 6.45) is 12.0. The number of hydrogen-bond donors (Lipinski definition) is 0. The van der Waals surface area contributed by atoms with Crippen molar-refractivity contribution < 1.29 is 4.39 Å². The standard InChI is InChI=1S/C20H13FN6/c21-16-8-17-13(3-2-6-23-17)7-15(16)11-27-12-25-19-20(27)26-18(10-24-19)14-4-1-5-22-9-14/h1-6,8-12H,7H2. The molecule has 0 aliphatic heterocycles. The molecule has 1 aliphatic rings. The molecular formula is C20H13FN6. The number of fused-ring (bicyclic) bond motifs is 2. The monoisotopic (exact) mass is 356 g/mol. The average molecular weight is 356 g/mol. The second-order valence-electron chi connectivity index (χ2n) is 6.17. The van der Waals surface area contributed by atoms with Crippen molar-refractivity contribution in [2.75, 3.05) is 0 Å². The molecule has 0 atom stereocenters. The van der Waals surface area contributed by atoms with Crippen molar-refractivity contribution in [3.05, 3.63) is 78.0 Å². The van der Waals surface area contributed by atoms with E-state index >= 15 is 0 Å². The summed E-state index contributed by atoms with van der Waals surface area (Å²) in [5, 5.41) is 0. The Bertz CT molecular complexity index is 1210. The molecule has 6 nitrogen and oxygen atoms in total. The van der Waals surface area contributed by atoms with Crippen LogP contribution in [0.25, 0.3) is 34.8 Å². The molecule has 1 aliphatic carbocycles. The summed E-state index contributed by atoms with van der Waals surface area (Å²) in [4.78, 5) is 21.6. The highest BCUT2D eigenvalue weighted by molar-refractivity contribution is 5.74. The molecule has 130 valence electrons. The van der Waals surface area contributed by atoms with Crippen LogP contribution in [0.5, 0.6) is 0 Å². The molecule has 0 fully saturated rings. The minimum Gasteiger partial charge on any atom is -0.288 e. The lowest BCUT2D eigenvalue weighted by atomic mass is 9.97. The number of rotatable bonds is 2. The highest BCUT2D eigenvalue weighted by Crippen LogP contribution is 2.28. The van der Waals surface area contributed by atoms with Crippen LogP contribution >= 0.6 is 0 Å². The third-order valence-corrected chi connectivity index (χ3v) is 4.41. The maximum atomic E-state index is 14.5. The Morgan fingerprint density at radius 2 is 1.96 bits per heavy atom. The molecular weight excluding hydrogens is 343 g/mol. The molecule has 4 heterocycles. The molecule has 4 aromatic rings. The predicted molar refractivity (Wildman–Crippen MR) is 99.9 cm³/mol. The largest absolute Gasteiger partial charge is 0.288 e. The number of imidazole rings is 1. The summed E-state index contributed by atoms with van der Waals surface area (Å²) in [7, 11) is 0. The van der Waals surface area contributed by atoms with Crippen molar-refractivity contribution in [3.8, 4) is 11.3 Å². The van der Waals surface area contributed by atoms with Gasteiger partial charge in [0, 0.05) is 48.4 Å². The van der Waals surface area contributed by atoms with E-state index in [0.29, 0.717) is 34.7 Å². The maximum absolute atomic E-state index is 14.5. The van der Waals surface area contributed by atoms with Gasteiger partial charge in [-0.25, -0.2) is 19.3 Å². The lowest BCUT2D eigenvalue weighted by Crippen LogP contribution is -2.04. The van der Waals surface area contributed by atoms with Gasteiger partial charge in [-0.05, 0) is 23.8 Å². The molecule has 0 radical (unpaired) electrons. The fourth-order valence-electron chi connectivity index (χ4n) is 3.06. The first kappa shape index (κ1) is 15.5. The SMILES string of the molecule is FC1=Cc2ncccc2CC1=Cn1cnc2ncc(-c3cccnc3)nc21. The number of pyridine rings is 2. The zero-order chi connectivity index (χ0) is 18.2. The van der Waals surface area contributed by atoms with E-state index in [9.17, 15) is 4.39 Å². The first-order chi connectivity index (χ1) is 13.3. The number of halogens is 1. The van der Waals surface area contributed by atoms with E-state index in [1.54, 1.807) is 41.9 Å². The highest BCUT2D eigenvalue weighted by Gasteiger charge is 2.17. The first-order valence-electron chi connectivity index (χ1n) is 8.40. The molecule has 27 heavy (non-hydrogen) atoms. The molecule has 4 aromatic heterocycles. The molecule has 0 aromatic carbocycles. The van der Waals surface area contributed by atoms with Crippen LogP contribution < -0.4 is 0 Å². The van der Waals surface area contributed by atoms with Crippen LogP contribution in [0, 0.1) is 0 Å². The Kier molecular flexibility index (Phi) is 3.57. The summed E-state index contributed by atoms with van der Waals surface area (Å²) in [6, 6.07) is 7.56. The molecule has 0 amide bonds. The fraction of sp³-hybridized carbons (Fsp3) is 0.0500. The number of aromatic nitrogens is 6. The molecule has 0 saturated heterocycles. The van der Waals surface area contributed by atoms with Crippen molar-refractivity contribution in [2.24, 2.45) is 0 Å². The second kappa shape index (κ2) is 6.21. The normalized spacial score (nSPS) is 15.0. The minimum atomic E-state index is -0.306. The zero-order valence-corrected chi connectivity index (χ0v) is 14.1. The van der Waals surface area contributed by atoms with Gasteiger partial charge < -0.3 is 0 Å². The summed E-state index contributed by atoms with van der Waals surface area (Å²) < 4.78 is 16.2. The van der Waals surface area contributed by atoms with E-state index in [1.807, 2.05) is 24.3 Å². The van der Waals surface area contributed by atoms with Gasteiger partial charge in [0.1, 0.15) is 12.2 Å². The van der Waals surface area contributed by atoms with E-state index in [-0.39, 0.29) is 5.83 Å². The summed E-state index contributed by atoms with van der Waals surface area (Å²) in [6.45, 7) is 0. The van der Waals surface area contributed by atoms with Crippen molar-refractivity contribution >= 4 is 23.6 Å². The second-order valence-corrected chi connectivity index (χ2v) is 6.17. The van der Waals surface area contributed by atoms with Crippen molar-refractivity contribution in [1.82, 2.24) is 29.5 Å². The van der Waals surface area contributed by atoms with Gasteiger partial charge in [0.2, 0.25) is 0 Å². The van der Waals surface area contributed by atoms with Crippen molar-refractivity contribution in [2.45, 2.75) is 6.42 Å². The molecule has 0 unspecified atom stereocenters. The topological polar surface area (TPSA) is 69.4 Å². The van der Waals surface area contributed by atoms with Gasteiger partial charge >= 0.3 is 0 Å². The van der Waals surface area contributed by atoms with Gasteiger partial charge in [-0.3, -0.25) is 14.5 Å². The maximum Gasteiger partial charge on any atom is 0.197 e. The minimum absolute atomic E-state index is 0.306. The Morgan fingerprint density at radius 3 is 2.85 bits per heavy atom. The van der Waals surface area contributed by atoms with Crippen LogP contribution in [0.1, 0.15) is 11.3 Å². The third-order valence-electron chi connectivity index (χ3n) is 4.41. The summed E-state index contributed by atoms with van der Waals surface area (Å²) in [5.74, 6) is -0.306. The number of hydrogen-bond acceptors (Lipinski definition) is 5. The Hall–Kier alpha value is -3.74.